The van der Waals surface area contributed by atoms with Crippen LogP contribution in [0.25, 0.3) is 0 Å². The summed E-state index contributed by atoms with van der Waals surface area (Å²) in [7, 11) is 0. The lowest BCUT2D eigenvalue weighted by Crippen LogP contribution is -2.42. The van der Waals surface area contributed by atoms with Gasteiger partial charge in [0.2, 0.25) is 5.91 Å². The maximum atomic E-state index is 13.1. The van der Waals surface area contributed by atoms with Gasteiger partial charge in [-0.2, -0.15) is 0 Å². The van der Waals surface area contributed by atoms with Crippen molar-refractivity contribution in [2.24, 2.45) is 5.92 Å². The van der Waals surface area contributed by atoms with Crippen LogP contribution < -0.4 is 5.32 Å². The molecule has 0 radical (unpaired) electrons. The molecule has 0 aliphatic carbocycles. The second kappa shape index (κ2) is 10.9. The van der Waals surface area contributed by atoms with Gasteiger partial charge in [-0.3, -0.25) is 14.5 Å². The Labute approximate surface area is 196 Å². The predicted molar refractivity (Wildman–Crippen MR) is 127 cm³/mol. The van der Waals surface area contributed by atoms with Crippen molar-refractivity contribution in [3.8, 4) is 0 Å². The Balaban J connectivity index is 1.21. The number of benzene rings is 2. The van der Waals surface area contributed by atoms with Gasteiger partial charge in [-0.25, -0.2) is 4.39 Å². The van der Waals surface area contributed by atoms with Crippen LogP contribution in [-0.2, 0) is 17.9 Å². The molecule has 2 heterocycles. The number of nitrogens with zero attached hydrogens (tertiary/aromatic N) is 2. The van der Waals surface area contributed by atoms with E-state index in [4.69, 9.17) is 0 Å². The first-order chi connectivity index (χ1) is 16.0. The summed E-state index contributed by atoms with van der Waals surface area (Å²) in [6, 6.07) is 14.8. The average molecular weight is 452 g/mol. The monoisotopic (exact) mass is 451 g/mol. The molecule has 0 bridgehead atoms. The first-order valence-electron chi connectivity index (χ1n) is 12.1. The number of halogens is 1. The maximum Gasteiger partial charge on any atom is 0.253 e. The lowest BCUT2D eigenvalue weighted by Gasteiger charge is -2.33. The number of carbonyl (C=O) groups is 2. The highest BCUT2D eigenvalue weighted by Gasteiger charge is 2.27. The minimum absolute atomic E-state index is 0.0510. The number of amides is 2. The van der Waals surface area contributed by atoms with E-state index in [0.29, 0.717) is 44.1 Å². The molecule has 1 atom stereocenters. The van der Waals surface area contributed by atoms with E-state index in [1.807, 2.05) is 0 Å². The second-order valence-electron chi connectivity index (χ2n) is 9.42. The number of hydrogen-bond donors (Lipinski definition) is 1. The van der Waals surface area contributed by atoms with Crippen LogP contribution in [0.5, 0.6) is 0 Å². The van der Waals surface area contributed by atoms with E-state index in [9.17, 15) is 14.0 Å². The summed E-state index contributed by atoms with van der Waals surface area (Å²) in [6.07, 6.45) is 5.19. The summed E-state index contributed by atoms with van der Waals surface area (Å²) >= 11 is 0. The zero-order valence-corrected chi connectivity index (χ0v) is 19.4. The summed E-state index contributed by atoms with van der Waals surface area (Å²) in [5, 5.41) is 3.06. The molecule has 2 aliphatic heterocycles. The van der Waals surface area contributed by atoms with E-state index in [-0.39, 0.29) is 23.5 Å². The molecule has 33 heavy (non-hydrogen) atoms. The van der Waals surface area contributed by atoms with Crippen molar-refractivity contribution in [2.75, 3.05) is 19.6 Å². The Bertz CT molecular complexity index is 937. The first kappa shape index (κ1) is 23.4. The normalized spacial score (nSPS) is 19.9. The first-order valence-corrected chi connectivity index (χ1v) is 12.1. The quantitative estimate of drug-likeness (QED) is 0.710. The Morgan fingerprint density at radius 3 is 2.24 bits per heavy atom. The van der Waals surface area contributed by atoms with Gasteiger partial charge in [0.1, 0.15) is 5.82 Å². The van der Waals surface area contributed by atoms with Crippen LogP contribution in [0.3, 0.4) is 0 Å². The molecule has 0 spiro atoms. The molecule has 2 fully saturated rings. The highest BCUT2D eigenvalue weighted by molar-refractivity contribution is 5.94. The van der Waals surface area contributed by atoms with Crippen LogP contribution in [0, 0.1) is 11.7 Å². The van der Waals surface area contributed by atoms with Crippen LogP contribution >= 0.6 is 0 Å². The lowest BCUT2D eigenvalue weighted by molar-refractivity contribution is -0.126. The molecule has 0 saturated carbocycles. The van der Waals surface area contributed by atoms with Gasteiger partial charge in [0, 0.05) is 43.7 Å². The van der Waals surface area contributed by atoms with E-state index in [1.54, 1.807) is 4.90 Å². The molecule has 6 heteroatoms. The highest BCUT2D eigenvalue weighted by atomic mass is 19.1. The van der Waals surface area contributed by atoms with E-state index in [0.717, 1.165) is 12.1 Å². The standard InChI is InChI=1S/C27H34FN3O2/c1-20-4-2-3-15-31(20)19-22-7-5-21(6-8-22)18-29-26(32)23-13-16-30(17-14-23)27(33)24-9-11-25(28)12-10-24/h5-12,20,23H,2-4,13-19H2,1H3,(H,29,32). The molecule has 2 aromatic carbocycles. The Morgan fingerprint density at radius 1 is 0.909 bits per heavy atom. The fourth-order valence-electron chi connectivity index (χ4n) is 4.84. The Hall–Kier alpha value is -2.73. The number of nitrogens with one attached hydrogen (secondary N) is 1. The number of hydrogen-bond acceptors (Lipinski definition) is 3. The lowest BCUT2D eigenvalue weighted by atomic mass is 9.95. The second-order valence-corrected chi connectivity index (χ2v) is 9.42. The van der Waals surface area contributed by atoms with Crippen LogP contribution in [0.15, 0.2) is 48.5 Å². The third-order valence-corrected chi connectivity index (χ3v) is 7.06. The number of carbonyl (C=O) groups excluding carboxylic acids is 2. The molecule has 2 aliphatic rings. The minimum Gasteiger partial charge on any atom is -0.352 e. The Kier molecular flexibility index (Phi) is 7.76. The van der Waals surface area contributed by atoms with Crippen molar-refractivity contribution in [3.63, 3.8) is 0 Å². The summed E-state index contributed by atoms with van der Waals surface area (Å²) in [5.74, 6) is -0.488. The van der Waals surface area contributed by atoms with Crippen LogP contribution in [0.2, 0.25) is 0 Å². The van der Waals surface area contributed by atoms with Crippen LogP contribution in [-0.4, -0.2) is 47.3 Å². The fraction of sp³-hybridized carbons (Fsp3) is 0.481. The summed E-state index contributed by atoms with van der Waals surface area (Å²) in [6.45, 7) is 6.08. The van der Waals surface area contributed by atoms with Gasteiger partial charge in [-0.15, -0.1) is 0 Å². The van der Waals surface area contributed by atoms with Gasteiger partial charge in [0.25, 0.3) is 5.91 Å². The molecular formula is C27H34FN3O2. The van der Waals surface area contributed by atoms with Crippen LogP contribution in [0.1, 0.15) is 60.5 Å². The van der Waals surface area contributed by atoms with E-state index in [1.165, 1.54) is 55.6 Å². The zero-order chi connectivity index (χ0) is 23.2. The molecular weight excluding hydrogens is 417 g/mol. The molecule has 2 amide bonds. The van der Waals surface area contributed by atoms with Gasteiger partial charge < -0.3 is 10.2 Å². The van der Waals surface area contributed by atoms with E-state index < -0.39 is 0 Å². The van der Waals surface area contributed by atoms with Crippen LogP contribution in [0.4, 0.5) is 4.39 Å². The largest absolute Gasteiger partial charge is 0.352 e. The van der Waals surface area contributed by atoms with Crippen molar-refractivity contribution in [1.29, 1.82) is 0 Å². The van der Waals surface area contributed by atoms with Gasteiger partial charge in [0.15, 0.2) is 0 Å². The van der Waals surface area contributed by atoms with Crippen molar-refractivity contribution in [3.05, 3.63) is 71.0 Å². The molecule has 2 aromatic rings. The van der Waals surface area contributed by atoms with Crippen molar-refractivity contribution in [1.82, 2.24) is 15.1 Å². The van der Waals surface area contributed by atoms with Gasteiger partial charge in [-0.05, 0) is 74.5 Å². The van der Waals surface area contributed by atoms with Crippen molar-refractivity contribution >= 4 is 11.8 Å². The predicted octanol–water partition coefficient (Wildman–Crippen LogP) is 4.37. The SMILES string of the molecule is CC1CCCCN1Cc1ccc(CNC(=O)C2CCN(C(=O)c3ccc(F)cc3)CC2)cc1. The maximum absolute atomic E-state index is 13.1. The van der Waals surface area contributed by atoms with E-state index >= 15 is 0 Å². The smallest absolute Gasteiger partial charge is 0.253 e. The molecule has 1 N–H and O–H groups in total. The number of piperidine rings is 2. The highest BCUT2D eigenvalue weighted by Crippen LogP contribution is 2.21. The summed E-state index contributed by atoms with van der Waals surface area (Å²) in [4.78, 5) is 29.5. The van der Waals surface area contributed by atoms with Gasteiger partial charge in [0.05, 0.1) is 0 Å². The summed E-state index contributed by atoms with van der Waals surface area (Å²) < 4.78 is 13.1. The molecule has 0 aromatic heterocycles. The van der Waals surface area contributed by atoms with Crippen molar-refractivity contribution in [2.45, 2.75) is 58.2 Å². The van der Waals surface area contributed by atoms with Gasteiger partial charge in [-0.1, -0.05) is 30.7 Å². The topological polar surface area (TPSA) is 52.7 Å². The Morgan fingerprint density at radius 2 is 1.58 bits per heavy atom. The van der Waals surface area contributed by atoms with E-state index in [2.05, 4.69) is 41.4 Å². The number of rotatable bonds is 6. The molecule has 2 saturated heterocycles. The molecule has 4 rings (SSSR count). The molecule has 176 valence electrons. The number of likely N-dealkylation sites (tertiary alicyclic amines) is 2. The molecule has 1 unspecified atom stereocenters. The third-order valence-electron chi connectivity index (χ3n) is 7.06. The third kappa shape index (κ3) is 6.20. The van der Waals surface area contributed by atoms with Crippen molar-refractivity contribution < 1.29 is 14.0 Å². The average Bonchev–Trinajstić information content (AvgIpc) is 2.85. The van der Waals surface area contributed by atoms with Gasteiger partial charge >= 0.3 is 0 Å². The fourth-order valence-corrected chi connectivity index (χ4v) is 4.84. The summed E-state index contributed by atoms with van der Waals surface area (Å²) in [5.41, 5.74) is 2.90. The minimum atomic E-state index is -0.354. The molecule has 5 nitrogen and oxygen atoms in total. The zero-order valence-electron chi connectivity index (χ0n) is 19.4.